The summed E-state index contributed by atoms with van der Waals surface area (Å²) in [5.41, 5.74) is 0. The molecule has 5 heteroatoms. The largest absolute Gasteiger partial charge is 0.466 e. The summed E-state index contributed by atoms with van der Waals surface area (Å²) in [4.78, 5) is 25.2. The second-order valence-corrected chi connectivity index (χ2v) is 15.9. The number of ether oxygens (including phenoxy) is 2. The van der Waals surface area contributed by atoms with Gasteiger partial charge in [-0.15, -0.1) is 0 Å². The Morgan fingerprint density at radius 1 is 0.412 bits per heavy atom. The lowest BCUT2D eigenvalue weighted by Crippen LogP contribution is -2.19. The molecule has 0 saturated heterocycles. The molecule has 0 aliphatic carbocycles. The average Bonchev–Trinajstić information content (AvgIpc) is 3.13. The van der Waals surface area contributed by atoms with Crippen molar-refractivity contribution in [2.75, 3.05) is 26.3 Å². The van der Waals surface area contributed by atoms with E-state index in [1.54, 1.807) is 0 Å². The molecule has 1 unspecified atom stereocenters. The van der Waals surface area contributed by atoms with Gasteiger partial charge in [-0.3, -0.25) is 9.59 Å². The van der Waals surface area contributed by atoms with Crippen molar-refractivity contribution in [3.05, 3.63) is 0 Å². The summed E-state index contributed by atoms with van der Waals surface area (Å²) in [7, 11) is 0. The van der Waals surface area contributed by atoms with E-state index in [2.05, 4.69) is 33.0 Å². The lowest BCUT2D eigenvalue weighted by atomic mass is 9.90. The number of carbonyl (C=O) groups excluding carboxylic acids is 2. The molecule has 1 atom stereocenters. The number of hydrogen-bond acceptors (Lipinski definition) is 5. The maximum absolute atomic E-state index is 12.8. The van der Waals surface area contributed by atoms with Gasteiger partial charge >= 0.3 is 11.9 Å². The van der Waals surface area contributed by atoms with E-state index in [1.807, 2.05) is 0 Å². The minimum atomic E-state index is 0.0190. The fraction of sp³-hybridized carbons (Fsp3) is 0.957. The molecule has 0 heterocycles. The van der Waals surface area contributed by atoms with Gasteiger partial charge < -0.3 is 14.8 Å². The van der Waals surface area contributed by atoms with Crippen molar-refractivity contribution in [3.8, 4) is 0 Å². The monoisotopic (exact) mass is 722 g/mol. The third kappa shape index (κ3) is 37.0. The van der Waals surface area contributed by atoms with Gasteiger partial charge in [-0.1, -0.05) is 195 Å². The molecule has 304 valence electrons. The van der Waals surface area contributed by atoms with E-state index in [0.29, 0.717) is 25.6 Å². The summed E-state index contributed by atoms with van der Waals surface area (Å²) in [5, 5.41) is 3.61. The van der Waals surface area contributed by atoms with Crippen LogP contribution >= 0.6 is 0 Å². The van der Waals surface area contributed by atoms with E-state index in [9.17, 15) is 9.59 Å². The molecule has 1 N–H and O–H groups in total. The fourth-order valence-corrected chi connectivity index (χ4v) is 7.28. The summed E-state index contributed by atoms with van der Waals surface area (Å²) in [6.45, 7) is 12.4. The van der Waals surface area contributed by atoms with Crippen molar-refractivity contribution >= 4 is 11.9 Å². The highest BCUT2D eigenvalue weighted by atomic mass is 16.5. The van der Waals surface area contributed by atoms with Crippen LogP contribution in [0.4, 0.5) is 0 Å². The van der Waals surface area contributed by atoms with Crippen molar-refractivity contribution in [2.45, 2.75) is 246 Å². The topological polar surface area (TPSA) is 64.6 Å². The predicted molar refractivity (Wildman–Crippen MR) is 221 cm³/mol. The molecule has 0 rings (SSSR count). The Bertz CT molecular complexity index is 701. The number of esters is 2. The van der Waals surface area contributed by atoms with Crippen LogP contribution in [0.25, 0.3) is 0 Å². The van der Waals surface area contributed by atoms with Gasteiger partial charge in [-0.2, -0.15) is 0 Å². The number of unbranched alkanes of at least 4 members (excludes halogenated alkanes) is 22. The Balaban J connectivity index is 3.73. The molecular formula is C46H91NO4. The Labute approximate surface area is 319 Å². The molecule has 0 fully saturated rings. The number of hydrogen-bond donors (Lipinski definition) is 1. The lowest BCUT2D eigenvalue weighted by Gasteiger charge is -2.16. The van der Waals surface area contributed by atoms with E-state index in [1.165, 1.54) is 161 Å². The maximum Gasteiger partial charge on any atom is 0.308 e. The van der Waals surface area contributed by atoms with Gasteiger partial charge in [0.2, 0.25) is 0 Å². The first-order valence-corrected chi connectivity index (χ1v) is 23.1. The number of rotatable bonds is 42. The van der Waals surface area contributed by atoms with Crippen molar-refractivity contribution in [1.82, 2.24) is 5.32 Å². The summed E-state index contributed by atoms with van der Waals surface area (Å²) in [6, 6.07) is 0. The first-order chi connectivity index (χ1) is 25.1. The van der Waals surface area contributed by atoms with Crippen LogP contribution in [0.3, 0.4) is 0 Å². The highest BCUT2D eigenvalue weighted by Gasteiger charge is 2.19. The molecule has 0 spiro atoms. The molecule has 0 amide bonds. The Kier molecular flexibility index (Phi) is 40.8. The summed E-state index contributed by atoms with van der Waals surface area (Å²) in [6.07, 6.45) is 41.0. The Morgan fingerprint density at radius 2 is 0.784 bits per heavy atom. The van der Waals surface area contributed by atoms with Crippen LogP contribution in [0.2, 0.25) is 0 Å². The zero-order valence-corrected chi connectivity index (χ0v) is 35.2. The standard InChI is InChI=1S/C46H91NO4/c1-5-9-13-17-20-28-36-44(35-27-16-12-8-4)46(49)51-42-32-24-19-22-30-40-47-39-29-21-18-23-31-41-50-45(48)38-37-43(33-25-14-10-6-2)34-26-15-11-7-3/h43-44,47H,5-42H2,1-4H3. The smallest absolute Gasteiger partial charge is 0.308 e. The Hall–Kier alpha value is -1.10. The molecule has 0 saturated carbocycles. The van der Waals surface area contributed by atoms with Gasteiger partial charge in [0.05, 0.1) is 19.1 Å². The quantitative estimate of drug-likeness (QED) is 0.0502. The van der Waals surface area contributed by atoms with Crippen LogP contribution in [0.5, 0.6) is 0 Å². The summed E-state index contributed by atoms with van der Waals surface area (Å²) >= 11 is 0. The average molecular weight is 722 g/mol. The van der Waals surface area contributed by atoms with Gasteiger partial charge in [-0.05, 0) is 64.0 Å². The zero-order valence-electron chi connectivity index (χ0n) is 35.2. The second kappa shape index (κ2) is 41.7. The first-order valence-electron chi connectivity index (χ1n) is 23.1. The van der Waals surface area contributed by atoms with Crippen LogP contribution in [0, 0.1) is 11.8 Å². The van der Waals surface area contributed by atoms with Crippen molar-refractivity contribution in [3.63, 3.8) is 0 Å². The fourth-order valence-electron chi connectivity index (χ4n) is 7.28. The van der Waals surface area contributed by atoms with Crippen molar-refractivity contribution < 1.29 is 19.1 Å². The molecular weight excluding hydrogens is 631 g/mol. The minimum absolute atomic E-state index is 0.0190. The van der Waals surface area contributed by atoms with E-state index >= 15 is 0 Å². The summed E-state index contributed by atoms with van der Waals surface area (Å²) < 4.78 is 11.3. The zero-order chi connectivity index (χ0) is 37.3. The van der Waals surface area contributed by atoms with Gasteiger partial charge in [-0.25, -0.2) is 0 Å². The molecule has 0 radical (unpaired) electrons. The highest BCUT2D eigenvalue weighted by molar-refractivity contribution is 5.72. The third-order valence-corrected chi connectivity index (χ3v) is 10.8. The van der Waals surface area contributed by atoms with Crippen LogP contribution < -0.4 is 5.32 Å². The second-order valence-electron chi connectivity index (χ2n) is 15.9. The molecule has 5 nitrogen and oxygen atoms in total. The van der Waals surface area contributed by atoms with Crippen LogP contribution in [-0.2, 0) is 19.1 Å². The van der Waals surface area contributed by atoms with Crippen molar-refractivity contribution in [1.29, 1.82) is 0 Å². The van der Waals surface area contributed by atoms with Crippen LogP contribution in [-0.4, -0.2) is 38.2 Å². The van der Waals surface area contributed by atoms with Gasteiger partial charge in [0.1, 0.15) is 0 Å². The lowest BCUT2D eigenvalue weighted by molar-refractivity contribution is -0.149. The molecule has 0 aliphatic heterocycles. The normalized spacial score (nSPS) is 12.1. The SMILES string of the molecule is CCCCCCCCC(CCCCCC)C(=O)OCCCCCCCNCCCCCCCOC(=O)CCC(CCCCCC)CCCCCC. The van der Waals surface area contributed by atoms with E-state index < -0.39 is 0 Å². The Morgan fingerprint density at radius 3 is 1.27 bits per heavy atom. The third-order valence-electron chi connectivity index (χ3n) is 10.8. The van der Waals surface area contributed by atoms with E-state index in [0.717, 1.165) is 64.5 Å². The van der Waals surface area contributed by atoms with E-state index in [4.69, 9.17) is 9.47 Å². The molecule has 0 aromatic carbocycles. The van der Waals surface area contributed by atoms with Crippen molar-refractivity contribution in [2.24, 2.45) is 11.8 Å². The maximum atomic E-state index is 12.8. The van der Waals surface area contributed by atoms with Gasteiger partial charge in [0, 0.05) is 6.42 Å². The van der Waals surface area contributed by atoms with Crippen LogP contribution in [0.1, 0.15) is 246 Å². The predicted octanol–water partition coefficient (Wildman–Crippen LogP) is 14.2. The van der Waals surface area contributed by atoms with Gasteiger partial charge in [0.15, 0.2) is 0 Å². The first kappa shape index (κ1) is 49.9. The minimum Gasteiger partial charge on any atom is -0.466 e. The molecule has 51 heavy (non-hydrogen) atoms. The number of nitrogens with one attached hydrogen (secondary N) is 1. The summed E-state index contributed by atoms with van der Waals surface area (Å²) in [5.74, 6) is 0.908. The van der Waals surface area contributed by atoms with Crippen LogP contribution in [0.15, 0.2) is 0 Å². The molecule has 0 aromatic rings. The molecule has 0 aromatic heterocycles. The van der Waals surface area contributed by atoms with E-state index in [-0.39, 0.29) is 17.9 Å². The molecule has 0 bridgehead atoms. The van der Waals surface area contributed by atoms with Gasteiger partial charge in [0.25, 0.3) is 0 Å². The molecule has 0 aliphatic rings. The number of carbonyl (C=O) groups is 2. The highest BCUT2D eigenvalue weighted by Crippen LogP contribution is 2.24.